The number of benzene rings is 1. The van der Waals surface area contributed by atoms with Gasteiger partial charge in [-0.3, -0.25) is 4.90 Å². The van der Waals surface area contributed by atoms with E-state index >= 15 is 0 Å². The Bertz CT molecular complexity index is 682. The second-order valence-electron chi connectivity index (χ2n) is 6.51. The molecule has 3 rings (SSSR count). The van der Waals surface area contributed by atoms with Gasteiger partial charge in [0.15, 0.2) is 0 Å². The van der Waals surface area contributed by atoms with Crippen molar-refractivity contribution in [1.82, 2.24) is 15.1 Å². The van der Waals surface area contributed by atoms with Gasteiger partial charge in [0.25, 0.3) is 0 Å². The molecule has 0 aliphatic heterocycles. The van der Waals surface area contributed by atoms with E-state index in [4.69, 9.17) is 27.6 Å². The summed E-state index contributed by atoms with van der Waals surface area (Å²) >= 11 is 12.1. The molecule has 1 heterocycles. The molecular weight excluding hydrogens is 333 g/mol. The highest BCUT2D eigenvalue weighted by Gasteiger charge is 2.34. The first-order chi connectivity index (χ1) is 11.0. The van der Waals surface area contributed by atoms with Gasteiger partial charge in [-0.05, 0) is 43.9 Å². The van der Waals surface area contributed by atoms with E-state index in [2.05, 4.69) is 35.9 Å². The van der Waals surface area contributed by atoms with Crippen molar-refractivity contribution in [1.29, 1.82) is 0 Å². The van der Waals surface area contributed by atoms with E-state index < -0.39 is 0 Å². The smallest absolute Gasteiger partial charge is 0.249 e. The highest BCUT2D eigenvalue weighted by atomic mass is 35.5. The summed E-state index contributed by atoms with van der Waals surface area (Å²) in [5, 5.41) is 9.44. The minimum absolute atomic E-state index is 0.439. The first-order valence-corrected chi connectivity index (χ1v) is 8.75. The largest absolute Gasteiger partial charge is 0.419 e. The number of nitrogens with zero attached hydrogens (tertiary/aromatic N) is 3. The van der Waals surface area contributed by atoms with E-state index in [0.717, 1.165) is 0 Å². The van der Waals surface area contributed by atoms with Crippen molar-refractivity contribution in [3.8, 4) is 11.5 Å². The zero-order valence-corrected chi connectivity index (χ0v) is 15.1. The Balaban J connectivity index is 1.78. The molecule has 0 unspecified atom stereocenters. The van der Waals surface area contributed by atoms with E-state index in [1.165, 1.54) is 12.8 Å². The third-order valence-electron chi connectivity index (χ3n) is 4.45. The Labute approximate surface area is 146 Å². The minimum atomic E-state index is 0.439. The lowest BCUT2D eigenvalue weighted by Gasteiger charge is -2.30. The van der Waals surface area contributed by atoms with Crippen molar-refractivity contribution in [3.05, 3.63) is 34.1 Å². The van der Waals surface area contributed by atoms with Crippen LogP contribution in [0.15, 0.2) is 22.6 Å². The molecule has 1 aliphatic rings. The minimum Gasteiger partial charge on any atom is -0.419 e. The average molecular weight is 354 g/mol. The highest BCUT2D eigenvalue weighted by Crippen LogP contribution is 2.33. The molecule has 23 heavy (non-hydrogen) atoms. The molecule has 6 heteroatoms. The van der Waals surface area contributed by atoms with Crippen LogP contribution in [-0.4, -0.2) is 27.2 Å². The third-order valence-corrected chi connectivity index (χ3v) is 5.00. The zero-order valence-electron chi connectivity index (χ0n) is 13.6. The normalized spacial score (nSPS) is 16.3. The van der Waals surface area contributed by atoms with E-state index in [0.29, 0.717) is 51.9 Å². The van der Waals surface area contributed by atoms with Crippen molar-refractivity contribution in [2.45, 2.75) is 52.2 Å². The Hall–Kier alpha value is -1.10. The fraction of sp³-hybridized carbons (Fsp3) is 0.529. The molecule has 0 radical (unpaired) electrons. The van der Waals surface area contributed by atoms with Gasteiger partial charge in [-0.1, -0.05) is 37.0 Å². The third kappa shape index (κ3) is 3.87. The first kappa shape index (κ1) is 16.7. The summed E-state index contributed by atoms with van der Waals surface area (Å²) in [6.45, 7) is 7.43. The van der Waals surface area contributed by atoms with E-state index in [1.54, 1.807) is 18.2 Å². The summed E-state index contributed by atoms with van der Waals surface area (Å²) in [7, 11) is 0. The predicted molar refractivity (Wildman–Crippen MR) is 92.6 cm³/mol. The summed E-state index contributed by atoms with van der Waals surface area (Å²) in [6, 6.07) is 6.37. The van der Waals surface area contributed by atoms with Crippen LogP contribution in [0.1, 0.15) is 39.5 Å². The highest BCUT2D eigenvalue weighted by molar-refractivity contribution is 6.36. The van der Waals surface area contributed by atoms with Gasteiger partial charge in [0.2, 0.25) is 11.8 Å². The van der Waals surface area contributed by atoms with Crippen LogP contribution in [0.4, 0.5) is 0 Å². The van der Waals surface area contributed by atoms with Crippen LogP contribution < -0.4 is 0 Å². The van der Waals surface area contributed by atoms with Crippen molar-refractivity contribution in [2.75, 3.05) is 0 Å². The van der Waals surface area contributed by atoms with Crippen LogP contribution in [-0.2, 0) is 6.54 Å². The van der Waals surface area contributed by atoms with E-state index in [1.807, 2.05) is 0 Å². The van der Waals surface area contributed by atoms with Crippen molar-refractivity contribution in [2.24, 2.45) is 5.92 Å². The predicted octanol–water partition coefficient (Wildman–Crippen LogP) is 5.05. The van der Waals surface area contributed by atoms with Crippen LogP contribution in [0.2, 0.25) is 10.0 Å². The lowest BCUT2D eigenvalue weighted by atomic mass is 10.0. The van der Waals surface area contributed by atoms with Gasteiger partial charge in [-0.15, -0.1) is 10.2 Å². The monoisotopic (exact) mass is 353 g/mol. The summed E-state index contributed by atoms with van der Waals surface area (Å²) in [5.41, 5.74) is 0.713. The van der Waals surface area contributed by atoms with Gasteiger partial charge < -0.3 is 4.42 Å². The molecule has 1 aromatic carbocycles. The molecule has 1 aromatic heterocycles. The Morgan fingerprint density at radius 1 is 1.22 bits per heavy atom. The Kier molecular flexibility index (Phi) is 4.95. The molecule has 124 valence electrons. The lowest BCUT2D eigenvalue weighted by molar-refractivity contribution is 0.137. The van der Waals surface area contributed by atoms with Gasteiger partial charge in [0.1, 0.15) is 0 Å². The molecule has 1 atom stereocenters. The number of hydrogen-bond acceptors (Lipinski definition) is 4. The van der Waals surface area contributed by atoms with Crippen LogP contribution in [0.3, 0.4) is 0 Å². The average Bonchev–Trinajstić information content (AvgIpc) is 3.23. The molecular formula is C17H21Cl2N3O. The fourth-order valence-corrected chi connectivity index (χ4v) is 3.13. The maximum atomic E-state index is 6.21. The van der Waals surface area contributed by atoms with Gasteiger partial charge in [0.05, 0.1) is 17.1 Å². The second kappa shape index (κ2) is 6.80. The quantitative estimate of drug-likeness (QED) is 0.728. The molecule has 0 bridgehead atoms. The molecule has 1 fully saturated rings. The van der Waals surface area contributed by atoms with Crippen LogP contribution in [0.5, 0.6) is 0 Å². The molecule has 0 spiro atoms. The van der Waals surface area contributed by atoms with Gasteiger partial charge in [-0.2, -0.15) is 0 Å². The lowest BCUT2D eigenvalue weighted by Crippen LogP contribution is -2.38. The van der Waals surface area contributed by atoms with Crippen molar-refractivity contribution >= 4 is 23.2 Å². The summed E-state index contributed by atoms with van der Waals surface area (Å²) in [5.74, 6) is 1.66. The topological polar surface area (TPSA) is 42.2 Å². The second-order valence-corrected chi connectivity index (χ2v) is 7.36. The number of hydrogen-bond donors (Lipinski definition) is 0. The molecule has 0 N–H and O–H groups in total. The molecule has 0 saturated heterocycles. The van der Waals surface area contributed by atoms with Crippen molar-refractivity contribution < 1.29 is 4.42 Å². The standard InChI is InChI=1S/C17H21Cl2N3O/c1-10(2)11(3)22(13-5-6-13)9-16-20-21-17(23-16)14-7-4-12(18)8-15(14)19/h4,7-8,10-11,13H,5-6,9H2,1-3H3/t11-/m1/s1. The fourth-order valence-electron chi connectivity index (χ4n) is 2.64. The molecule has 4 nitrogen and oxygen atoms in total. The van der Waals surface area contributed by atoms with Crippen LogP contribution >= 0.6 is 23.2 Å². The number of rotatable bonds is 6. The summed E-state index contributed by atoms with van der Waals surface area (Å²) < 4.78 is 5.84. The molecule has 0 amide bonds. The van der Waals surface area contributed by atoms with Crippen LogP contribution in [0, 0.1) is 5.92 Å². The molecule has 1 saturated carbocycles. The SMILES string of the molecule is CC(C)[C@@H](C)N(Cc1nnc(-c2ccc(Cl)cc2Cl)o1)C1CC1. The summed E-state index contributed by atoms with van der Waals surface area (Å²) in [6.07, 6.45) is 2.50. The van der Waals surface area contributed by atoms with Crippen molar-refractivity contribution in [3.63, 3.8) is 0 Å². The molecule has 1 aliphatic carbocycles. The van der Waals surface area contributed by atoms with E-state index in [9.17, 15) is 0 Å². The molecule has 2 aromatic rings. The zero-order chi connectivity index (χ0) is 16.6. The maximum Gasteiger partial charge on any atom is 0.249 e. The van der Waals surface area contributed by atoms with E-state index in [-0.39, 0.29) is 0 Å². The summed E-state index contributed by atoms with van der Waals surface area (Å²) in [4.78, 5) is 2.46. The van der Waals surface area contributed by atoms with Gasteiger partial charge in [-0.25, -0.2) is 0 Å². The Morgan fingerprint density at radius 3 is 2.57 bits per heavy atom. The number of aromatic nitrogens is 2. The van der Waals surface area contributed by atoms with Gasteiger partial charge >= 0.3 is 0 Å². The maximum absolute atomic E-state index is 6.21. The van der Waals surface area contributed by atoms with Gasteiger partial charge in [0, 0.05) is 17.1 Å². The van der Waals surface area contributed by atoms with Crippen LogP contribution in [0.25, 0.3) is 11.5 Å². The number of halogens is 2. The Morgan fingerprint density at radius 2 is 1.96 bits per heavy atom. The first-order valence-electron chi connectivity index (χ1n) is 7.99.